The number of benzene rings is 5. The molecule has 6 aromatic rings. The maximum Gasteiger partial charge on any atom is 0.0713 e. The van der Waals surface area contributed by atoms with Crippen LogP contribution in [0.25, 0.3) is 66.8 Å². The molecule has 0 unspecified atom stereocenters. The van der Waals surface area contributed by atoms with Gasteiger partial charge in [-0.25, -0.2) is 4.98 Å². The van der Waals surface area contributed by atoms with Crippen LogP contribution in [0, 0.1) is 0 Å². The van der Waals surface area contributed by atoms with Gasteiger partial charge in [0.15, 0.2) is 0 Å². The van der Waals surface area contributed by atoms with Crippen molar-refractivity contribution in [1.82, 2.24) is 10.3 Å². The van der Waals surface area contributed by atoms with Gasteiger partial charge in [0.2, 0.25) is 0 Å². The number of hydrogen-bond donors (Lipinski definition) is 1. The summed E-state index contributed by atoms with van der Waals surface area (Å²) in [6.45, 7) is 6.98. The second kappa shape index (κ2) is 14.8. The fourth-order valence-electron chi connectivity index (χ4n) is 6.48. The molecule has 0 fully saturated rings. The lowest BCUT2D eigenvalue weighted by Crippen LogP contribution is -2.09. The van der Waals surface area contributed by atoms with E-state index in [-0.39, 0.29) is 0 Å². The molecule has 2 heterocycles. The average Bonchev–Trinajstić information content (AvgIpc) is 3.18. The largest absolute Gasteiger partial charge is 0.387 e. The van der Waals surface area contributed by atoms with Gasteiger partial charge >= 0.3 is 0 Å². The van der Waals surface area contributed by atoms with Crippen LogP contribution < -0.4 is 5.32 Å². The first-order valence-corrected chi connectivity index (χ1v) is 17.1. The Labute approximate surface area is 290 Å². The van der Waals surface area contributed by atoms with Crippen molar-refractivity contribution in [2.45, 2.75) is 19.8 Å². The Balaban J connectivity index is 1.30. The molecule has 1 aliphatic heterocycles. The normalized spacial score (nSPS) is 12.7. The van der Waals surface area contributed by atoms with Gasteiger partial charge in [-0.15, -0.1) is 0 Å². The first-order valence-electron chi connectivity index (χ1n) is 17.1. The van der Waals surface area contributed by atoms with Crippen molar-refractivity contribution < 1.29 is 0 Å². The molecule has 0 atom stereocenters. The third-order valence-electron chi connectivity index (χ3n) is 9.00. The number of nitrogens with zero attached hydrogens (tertiary/aromatic N) is 1. The monoisotopic (exact) mass is 632 g/mol. The third-order valence-corrected chi connectivity index (χ3v) is 9.00. The van der Waals surface area contributed by atoms with Crippen LogP contribution >= 0.6 is 0 Å². The van der Waals surface area contributed by atoms with Crippen LogP contribution in [0.1, 0.15) is 31.2 Å². The predicted molar refractivity (Wildman–Crippen MR) is 210 cm³/mol. The Morgan fingerprint density at radius 2 is 1.12 bits per heavy atom. The van der Waals surface area contributed by atoms with Crippen molar-refractivity contribution in [1.29, 1.82) is 0 Å². The molecule has 49 heavy (non-hydrogen) atoms. The second-order valence-electron chi connectivity index (χ2n) is 12.4. The molecule has 1 aromatic heterocycles. The van der Waals surface area contributed by atoms with Crippen LogP contribution in [0.2, 0.25) is 0 Å². The zero-order chi connectivity index (χ0) is 33.4. The molecule has 0 spiro atoms. The van der Waals surface area contributed by atoms with Gasteiger partial charge in [0.25, 0.3) is 0 Å². The van der Waals surface area contributed by atoms with Crippen molar-refractivity contribution in [3.05, 3.63) is 188 Å². The molecule has 1 aliphatic rings. The van der Waals surface area contributed by atoms with Gasteiger partial charge in [0.05, 0.1) is 11.4 Å². The Hall–Kier alpha value is -5.99. The highest BCUT2D eigenvalue weighted by Gasteiger charge is 2.13. The summed E-state index contributed by atoms with van der Waals surface area (Å²) in [5.41, 5.74) is 16.2. The van der Waals surface area contributed by atoms with Crippen molar-refractivity contribution in [2.24, 2.45) is 0 Å². The summed E-state index contributed by atoms with van der Waals surface area (Å²) >= 11 is 0. The highest BCUT2D eigenvalue weighted by atomic mass is 14.8. The predicted octanol–water partition coefficient (Wildman–Crippen LogP) is 12.3. The van der Waals surface area contributed by atoms with Gasteiger partial charge in [0, 0.05) is 6.54 Å². The maximum atomic E-state index is 5.12. The fourth-order valence-corrected chi connectivity index (χ4v) is 6.48. The van der Waals surface area contributed by atoms with E-state index in [4.69, 9.17) is 4.98 Å². The minimum absolute atomic E-state index is 0.798. The van der Waals surface area contributed by atoms with Crippen molar-refractivity contribution in [3.8, 4) is 55.6 Å². The molecule has 2 heteroatoms. The summed E-state index contributed by atoms with van der Waals surface area (Å²) in [6, 6.07) is 50.5. The Morgan fingerprint density at radius 3 is 1.69 bits per heavy atom. The summed E-state index contributed by atoms with van der Waals surface area (Å²) in [6.07, 6.45) is 12.3. The van der Waals surface area contributed by atoms with E-state index in [0.29, 0.717) is 0 Å². The molecule has 0 aliphatic carbocycles. The van der Waals surface area contributed by atoms with Gasteiger partial charge in [-0.1, -0.05) is 141 Å². The van der Waals surface area contributed by atoms with E-state index in [9.17, 15) is 0 Å². The van der Waals surface area contributed by atoms with Crippen LogP contribution in [0.3, 0.4) is 0 Å². The van der Waals surface area contributed by atoms with E-state index in [0.717, 1.165) is 47.5 Å². The first kappa shape index (κ1) is 31.6. The van der Waals surface area contributed by atoms with Gasteiger partial charge in [0.1, 0.15) is 0 Å². The van der Waals surface area contributed by atoms with Crippen LogP contribution in [0.15, 0.2) is 177 Å². The summed E-state index contributed by atoms with van der Waals surface area (Å²) in [7, 11) is 0. The lowest BCUT2D eigenvalue weighted by atomic mass is 9.91. The van der Waals surface area contributed by atoms with Crippen LogP contribution in [0.5, 0.6) is 0 Å². The van der Waals surface area contributed by atoms with E-state index in [1.165, 1.54) is 50.1 Å². The summed E-state index contributed by atoms with van der Waals surface area (Å²) in [4.78, 5) is 5.12. The molecule has 5 aromatic carbocycles. The summed E-state index contributed by atoms with van der Waals surface area (Å²) in [5, 5.41) is 3.26. The maximum absolute atomic E-state index is 5.12. The van der Waals surface area contributed by atoms with Gasteiger partial charge in [-0.05, 0) is 122 Å². The van der Waals surface area contributed by atoms with Crippen LogP contribution in [-0.4, -0.2) is 11.5 Å². The first-order chi connectivity index (χ1) is 24.2. The average molecular weight is 633 g/mol. The van der Waals surface area contributed by atoms with E-state index in [2.05, 4.69) is 177 Å². The van der Waals surface area contributed by atoms with Crippen molar-refractivity contribution in [3.63, 3.8) is 0 Å². The summed E-state index contributed by atoms with van der Waals surface area (Å²) < 4.78 is 0. The number of dihydropyridines is 1. The number of aromatic nitrogens is 1. The zero-order valence-corrected chi connectivity index (χ0v) is 27.9. The van der Waals surface area contributed by atoms with Crippen molar-refractivity contribution in [2.75, 3.05) is 6.54 Å². The third kappa shape index (κ3) is 7.30. The smallest absolute Gasteiger partial charge is 0.0713 e. The molecule has 7 rings (SSSR count). The topological polar surface area (TPSA) is 24.9 Å². The lowest BCUT2D eigenvalue weighted by molar-refractivity contribution is 0.961. The van der Waals surface area contributed by atoms with E-state index >= 15 is 0 Å². The molecule has 2 nitrogen and oxygen atoms in total. The number of rotatable bonds is 10. The molecule has 0 saturated carbocycles. The molecule has 0 amide bonds. The Kier molecular flexibility index (Phi) is 9.57. The highest BCUT2D eigenvalue weighted by Crippen LogP contribution is 2.36. The molecule has 0 radical (unpaired) electrons. The van der Waals surface area contributed by atoms with Gasteiger partial charge in [-0.2, -0.15) is 0 Å². The summed E-state index contributed by atoms with van der Waals surface area (Å²) in [5.74, 6) is 0. The Morgan fingerprint density at radius 1 is 0.612 bits per heavy atom. The molecular weight excluding hydrogens is 593 g/mol. The van der Waals surface area contributed by atoms with Gasteiger partial charge < -0.3 is 5.32 Å². The molecule has 0 saturated heterocycles. The van der Waals surface area contributed by atoms with Gasteiger partial charge in [-0.3, -0.25) is 0 Å². The molecule has 0 bridgehead atoms. The number of nitrogens with one attached hydrogen (secondary N) is 1. The minimum atomic E-state index is 0.798. The minimum Gasteiger partial charge on any atom is -0.387 e. The fraction of sp³-hybridized carbons (Fsp3) is 0.0851. The molecule has 1 N–H and O–H groups in total. The molecule has 238 valence electrons. The van der Waals surface area contributed by atoms with E-state index in [1.807, 2.05) is 12.3 Å². The SMILES string of the molecule is C=C/C=C(\CCC)c1cc(-c2ccc(-c3cc(-c4ccccc4)cc(-c4cccc(-c5ccccc5)c4)c3)cc2)cc(C2=CCNC=C2)n1. The number of pyridine rings is 1. The highest BCUT2D eigenvalue weighted by molar-refractivity contribution is 5.84. The number of allylic oxidation sites excluding steroid dienone is 5. The van der Waals surface area contributed by atoms with Crippen LogP contribution in [-0.2, 0) is 0 Å². The quantitative estimate of drug-likeness (QED) is 0.152. The van der Waals surface area contributed by atoms with E-state index in [1.54, 1.807) is 0 Å². The number of hydrogen-bond acceptors (Lipinski definition) is 2. The van der Waals surface area contributed by atoms with Crippen molar-refractivity contribution >= 4 is 11.1 Å². The van der Waals surface area contributed by atoms with Crippen LogP contribution in [0.4, 0.5) is 0 Å². The van der Waals surface area contributed by atoms with E-state index < -0.39 is 0 Å². The lowest BCUT2D eigenvalue weighted by Gasteiger charge is -2.15. The second-order valence-corrected chi connectivity index (χ2v) is 12.4. The standard InChI is InChI=1S/C47H40N2/c1-3-12-38(13-4-2)46-32-45(33-47(49-46)39-24-26-48-27-25-39)37-22-20-36(21-23-37)43-29-42(35-16-9-6-10-17-35)30-44(31-43)41-19-11-18-40(28-41)34-14-7-5-8-15-34/h3,5-12,14-26,28-33,48H,1,4,13,27H2,2H3/b38-12+. The molecular formula is C47H40N2. The Bertz CT molecular complexity index is 2170. The zero-order valence-electron chi connectivity index (χ0n) is 27.9.